The standard InChI is InChI=1S/C25H21ClF4N4O2S/c1-2-32-12-19(27)21(13-32)34-23(35)22(37-24(34)36)8-14-3-6-20-16(7-14)10-31-33(20)11-15-4-5-17(26)9-18(15)25(28,29)30/h3-10,19,21H,2,11-13H2,1H3. The molecule has 0 N–H and O–H groups in total. The Labute approximate surface area is 218 Å². The molecule has 1 aromatic heterocycles. The maximum atomic E-state index is 14.5. The van der Waals surface area contributed by atoms with E-state index in [0.29, 0.717) is 29.6 Å². The molecule has 2 fully saturated rings. The van der Waals surface area contributed by atoms with Crippen LogP contribution in [-0.2, 0) is 17.5 Å². The second kappa shape index (κ2) is 9.77. The summed E-state index contributed by atoms with van der Waals surface area (Å²) in [6.07, 6.45) is -2.78. The lowest BCUT2D eigenvalue weighted by Gasteiger charge is -2.22. The first-order valence-electron chi connectivity index (χ1n) is 11.5. The summed E-state index contributed by atoms with van der Waals surface area (Å²) in [5.41, 5.74) is 0.410. The summed E-state index contributed by atoms with van der Waals surface area (Å²) in [7, 11) is 0. The van der Waals surface area contributed by atoms with Crippen LogP contribution in [0.4, 0.5) is 22.4 Å². The van der Waals surface area contributed by atoms with Crippen molar-refractivity contribution in [3.05, 3.63) is 69.2 Å². The van der Waals surface area contributed by atoms with Crippen LogP contribution in [0.1, 0.15) is 23.6 Å². The van der Waals surface area contributed by atoms with Gasteiger partial charge in [-0.25, -0.2) is 4.39 Å². The third kappa shape index (κ3) is 4.99. The number of hydrogen-bond acceptors (Lipinski definition) is 5. The zero-order chi connectivity index (χ0) is 26.5. The number of likely N-dealkylation sites (N-methyl/N-ethyl adjacent to an activating group) is 1. The number of carbonyl (C=O) groups excluding carboxylic acids is 2. The Kier molecular flexibility index (Phi) is 6.80. The average Bonchev–Trinajstić information content (AvgIpc) is 3.49. The van der Waals surface area contributed by atoms with E-state index in [4.69, 9.17) is 11.6 Å². The van der Waals surface area contributed by atoms with Gasteiger partial charge in [0.25, 0.3) is 11.1 Å². The molecule has 2 aromatic carbocycles. The summed E-state index contributed by atoms with van der Waals surface area (Å²) in [6.45, 7) is 2.90. The largest absolute Gasteiger partial charge is 0.416 e. The summed E-state index contributed by atoms with van der Waals surface area (Å²) in [5.74, 6) is -0.529. The number of hydrogen-bond donors (Lipinski definition) is 0. The number of amides is 2. The topological polar surface area (TPSA) is 58.4 Å². The minimum Gasteiger partial charge on any atom is -0.298 e. The molecule has 0 spiro atoms. The van der Waals surface area contributed by atoms with Gasteiger partial charge in [0.05, 0.1) is 34.8 Å². The molecule has 2 atom stereocenters. The minimum atomic E-state index is -4.56. The van der Waals surface area contributed by atoms with Gasteiger partial charge < -0.3 is 0 Å². The summed E-state index contributed by atoms with van der Waals surface area (Å²) in [4.78, 5) is 28.6. The number of halogens is 5. The molecule has 12 heteroatoms. The Morgan fingerprint density at radius 3 is 2.65 bits per heavy atom. The number of likely N-dealkylation sites (tertiary alicyclic amines) is 1. The van der Waals surface area contributed by atoms with E-state index in [2.05, 4.69) is 5.10 Å². The second-order valence-corrected chi connectivity index (χ2v) is 10.3. The first-order valence-corrected chi connectivity index (χ1v) is 12.7. The average molecular weight is 553 g/mol. The van der Waals surface area contributed by atoms with Crippen molar-refractivity contribution in [1.29, 1.82) is 0 Å². The Balaban J connectivity index is 1.39. The molecule has 0 bridgehead atoms. The van der Waals surface area contributed by atoms with Gasteiger partial charge >= 0.3 is 6.18 Å². The zero-order valence-corrected chi connectivity index (χ0v) is 21.1. The highest BCUT2D eigenvalue weighted by molar-refractivity contribution is 8.18. The van der Waals surface area contributed by atoms with Gasteiger partial charge in [-0.3, -0.25) is 24.1 Å². The number of alkyl halides is 4. The van der Waals surface area contributed by atoms with Crippen LogP contribution in [0.15, 0.2) is 47.5 Å². The van der Waals surface area contributed by atoms with E-state index >= 15 is 0 Å². The molecule has 6 nitrogen and oxygen atoms in total. The van der Waals surface area contributed by atoms with Crippen LogP contribution >= 0.6 is 23.4 Å². The number of benzene rings is 2. The van der Waals surface area contributed by atoms with Gasteiger partial charge in [0.15, 0.2) is 0 Å². The fraction of sp³-hybridized carbons (Fsp3) is 0.320. The van der Waals surface area contributed by atoms with Crippen molar-refractivity contribution in [3.63, 3.8) is 0 Å². The normalized spacial score (nSPS) is 22.2. The lowest BCUT2D eigenvalue weighted by atomic mass is 10.1. The molecule has 3 aromatic rings. The highest BCUT2D eigenvalue weighted by Gasteiger charge is 2.46. The summed E-state index contributed by atoms with van der Waals surface area (Å²) >= 11 is 6.54. The molecule has 2 saturated heterocycles. The quantitative estimate of drug-likeness (QED) is 0.294. The lowest BCUT2D eigenvalue weighted by molar-refractivity contribution is -0.138. The van der Waals surface area contributed by atoms with Crippen LogP contribution in [0, 0.1) is 0 Å². The molecule has 0 saturated carbocycles. The van der Waals surface area contributed by atoms with Gasteiger partial charge in [-0.2, -0.15) is 18.3 Å². The Hall–Kier alpha value is -2.89. The molecule has 0 radical (unpaired) electrons. The molecule has 37 heavy (non-hydrogen) atoms. The van der Waals surface area contributed by atoms with E-state index in [1.54, 1.807) is 24.3 Å². The van der Waals surface area contributed by atoms with Gasteiger partial charge in [0.2, 0.25) is 0 Å². The molecule has 2 unspecified atom stereocenters. The molecule has 194 valence electrons. The maximum absolute atomic E-state index is 14.5. The van der Waals surface area contributed by atoms with Crippen LogP contribution in [-0.4, -0.2) is 62.6 Å². The number of fused-ring (bicyclic) bond motifs is 1. The van der Waals surface area contributed by atoms with Crippen molar-refractivity contribution in [2.45, 2.75) is 31.9 Å². The number of imide groups is 1. The van der Waals surface area contributed by atoms with Crippen LogP contribution < -0.4 is 0 Å². The van der Waals surface area contributed by atoms with Crippen molar-refractivity contribution in [2.75, 3.05) is 19.6 Å². The second-order valence-electron chi connectivity index (χ2n) is 8.91. The number of thioether (sulfide) groups is 1. The van der Waals surface area contributed by atoms with Crippen LogP contribution in [0.3, 0.4) is 0 Å². The third-order valence-corrected chi connectivity index (χ3v) is 7.68. The molecular weight excluding hydrogens is 532 g/mol. The highest BCUT2D eigenvalue weighted by Crippen LogP contribution is 2.37. The maximum Gasteiger partial charge on any atom is 0.416 e. The van der Waals surface area contributed by atoms with Crippen molar-refractivity contribution >= 4 is 51.5 Å². The fourth-order valence-corrected chi connectivity index (χ4v) is 5.73. The molecule has 3 heterocycles. The van der Waals surface area contributed by atoms with Crippen molar-refractivity contribution < 1.29 is 27.2 Å². The first-order chi connectivity index (χ1) is 17.5. The number of carbonyl (C=O) groups is 2. The predicted octanol–water partition coefficient (Wildman–Crippen LogP) is 5.84. The molecule has 2 amide bonds. The van der Waals surface area contributed by atoms with Gasteiger partial charge in [0.1, 0.15) is 6.17 Å². The van der Waals surface area contributed by atoms with E-state index in [1.165, 1.54) is 23.0 Å². The minimum absolute atomic E-state index is 0.00638. The number of aromatic nitrogens is 2. The third-order valence-electron chi connectivity index (χ3n) is 6.56. The summed E-state index contributed by atoms with van der Waals surface area (Å²) in [5, 5.41) is 4.38. The zero-order valence-electron chi connectivity index (χ0n) is 19.5. The van der Waals surface area contributed by atoms with Crippen LogP contribution in [0.25, 0.3) is 17.0 Å². The van der Waals surface area contributed by atoms with Crippen LogP contribution in [0.2, 0.25) is 5.02 Å². The number of rotatable bonds is 5. The predicted molar refractivity (Wildman–Crippen MR) is 134 cm³/mol. The Bertz CT molecular complexity index is 1420. The molecular formula is C25H21ClF4N4O2S. The molecule has 0 aliphatic carbocycles. The SMILES string of the molecule is CCN1CC(F)C(N2C(=O)SC(=Cc3ccc4c(cnn4Cc4ccc(Cl)cc4C(F)(F)F)c3)C2=O)C1. The molecule has 2 aliphatic heterocycles. The van der Waals surface area contributed by atoms with E-state index in [0.717, 1.165) is 22.7 Å². The summed E-state index contributed by atoms with van der Waals surface area (Å²) < 4.78 is 56.4. The molecule has 2 aliphatic rings. The Morgan fingerprint density at radius 2 is 1.95 bits per heavy atom. The monoisotopic (exact) mass is 552 g/mol. The first kappa shape index (κ1) is 25.7. The highest BCUT2D eigenvalue weighted by atomic mass is 35.5. The van der Waals surface area contributed by atoms with Gasteiger partial charge in [-0.05, 0) is 59.8 Å². The smallest absolute Gasteiger partial charge is 0.298 e. The number of nitrogens with zero attached hydrogens (tertiary/aromatic N) is 4. The van der Waals surface area contributed by atoms with Crippen molar-refractivity contribution in [1.82, 2.24) is 19.6 Å². The molecule has 5 rings (SSSR count). The van der Waals surface area contributed by atoms with E-state index in [-0.39, 0.29) is 28.6 Å². The van der Waals surface area contributed by atoms with Gasteiger partial charge in [0, 0.05) is 23.5 Å². The van der Waals surface area contributed by atoms with E-state index in [9.17, 15) is 27.2 Å². The van der Waals surface area contributed by atoms with E-state index in [1.807, 2.05) is 11.8 Å². The van der Waals surface area contributed by atoms with Crippen molar-refractivity contribution in [2.24, 2.45) is 0 Å². The lowest BCUT2D eigenvalue weighted by Crippen LogP contribution is -2.44. The Morgan fingerprint density at radius 1 is 1.16 bits per heavy atom. The van der Waals surface area contributed by atoms with Gasteiger partial charge in [-0.15, -0.1) is 0 Å². The summed E-state index contributed by atoms with van der Waals surface area (Å²) in [6, 6.07) is 7.92. The van der Waals surface area contributed by atoms with E-state index < -0.39 is 35.1 Å². The van der Waals surface area contributed by atoms with Gasteiger partial charge in [-0.1, -0.05) is 30.7 Å². The fourth-order valence-electron chi connectivity index (χ4n) is 4.67. The van der Waals surface area contributed by atoms with Crippen molar-refractivity contribution in [3.8, 4) is 0 Å². The van der Waals surface area contributed by atoms with Crippen LogP contribution in [0.5, 0.6) is 0 Å².